The van der Waals surface area contributed by atoms with E-state index in [0.717, 1.165) is 38.7 Å². The first-order valence-corrected chi connectivity index (χ1v) is 12.3. The van der Waals surface area contributed by atoms with Gasteiger partial charge in [0.2, 0.25) is 5.91 Å². The summed E-state index contributed by atoms with van der Waals surface area (Å²) < 4.78 is 2.31. The van der Waals surface area contributed by atoms with E-state index in [1.165, 1.54) is 43.4 Å². The summed E-state index contributed by atoms with van der Waals surface area (Å²) in [5, 5.41) is 15.5. The van der Waals surface area contributed by atoms with Gasteiger partial charge in [-0.3, -0.25) is 4.79 Å². The summed E-state index contributed by atoms with van der Waals surface area (Å²) in [7, 11) is 0. The summed E-state index contributed by atoms with van der Waals surface area (Å²) in [6.07, 6.45) is 6.62. The SMILES string of the molecule is Cc1ccccc1NC(=O)Cc1nc(CSc2nnc(C)n2C2CCCCC2)cs1. The van der Waals surface area contributed by atoms with Crippen molar-refractivity contribution in [2.75, 3.05) is 5.32 Å². The molecule has 4 rings (SSSR count). The van der Waals surface area contributed by atoms with Gasteiger partial charge < -0.3 is 9.88 Å². The van der Waals surface area contributed by atoms with Gasteiger partial charge in [0.15, 0.2) is 5.16 Å². The normalized spacial score (nSPS) is 14.7. The molecule has 1 aliphatic rings. The molecule has 1 fully saturated rings. The van der Waals surface area contributed by atoms with Gasteiger partial charge in [-0.05, 0) is 38.3 Å². The van der Waals surface area contributed by atoms with E-state index >= 15 is 0 Å². The van der Waals surface area contributed by atoms with Crippen LogP contribution in [0.4, 0.5) is 5.69 Å². The van der Waals surface area contributed by atoms with Gasteiger partial charge in [-0.15, -0.1) is 21.5 Å². The highest BCUT2D eigenvalue weighted by atomic mass is 32.2. The molecule has 1 amide bonds. The van der Waals surface area contributed by atoms with Crippen LogP contribution >= 0.6 is 23.1 Å². The van der Waals surface area contributed by atoms with Crippen molar-refractivity contribution in [2.24, 2.45) is 0 Å². The minimum Gasteiger partial charge on any atom is -0.325 e. The first-order chi connectivity index (χ1) is 14.6. The number of para-hydroxylation sites is 1. The maximum Gasteiger partial charge on any atom is 0.231 e. The number of thiazole rings is 1. The third-order valence-electron chi connectivity index (χ3n) is 5.45. The van der Waals surface area contributed by atoms with Crippen LogP contribution in [0, 0.1) is 13.8 Å². The predicted octanol–water partition coefficient (Wildman–Crippen LogP) is 5.33. The number of nitrogens with zero attached hydrogens (tertiary/aromatic N) is 4. The van der Waals surface area contributed by atoms with E-state index in [1.807, 2.05) is 43.5 Å². The Bertz CT molecular complexity index is 1010. The highest BCUT2D eigenvalue weighted by Crippen LogP contribution is 2.33. The maximum atomic E-state index is 12.4. The molecule has 0 saturated heterocycles. The first kappa shape index (κ1) is 21.1. The van der Waals surface area contributed by atoms with Crippen molar-refractivity contribution in [3.05, 3.63) is 51.7 Å². The number of amides is 1. The van der Waals surface area contributed by atoms with E-state index in [4.69, 9.17) is 0 Å². The van der Waals surface area contributed by atoms with Crippen LogP contribution in [0.1, 0.15) is 60.2 Å². The molecule has 6 nitrogen and oxygen atoms in total. The zero-order chi connectivity index (χ0) is 20.9. The average Bonchev–Trinajstić information content (AvgIpc) is 3.34. The van der Waals surface area contributed by atoms with Crippen molar-refractivity contribution in [1.82, 2.24) is 19.7 Å². The van der Waals surface area contributed by atoms with Crippen LogP contribution < -0.4 is 5.32 Å². The van der Waals surface area contributed by atoms with E-state index in [0.29, 0.717) is 12.5 Å². The summed E-state index contributed by atoms with van der Waals surface area (Å²) in [5.74, 6) is 1.70. The lowest BCUT2D eigenvalue weighted by atomic mass is 9.95. The molecule has 1 aliphatic carbocycles. The van der Waals surface area contributed by atoms with E-state index in [1.54, 1.807) is 11.8 Å². The highest BCUT2D eigenvalue weighted by molar-refractivity contribution is 7.98. The monoisotopic (exact) mass is 441 g/mol. The molecule has 0 bridgehead atoms. The molecule has 0 spiro atoms. The fraction of sp³-hybridized carbons (Fsp3) is 0.455. The van der Waals surface area contributed by atoms with Gasteiger partial charge in [-0.2, -0.15) is 0 Å². The van der Waals surface area contributed by atoms with Crippen LogP contribution in [0.25, 0.3) is 0 Å². The van der Waals surface area contributed by atoms with Gasteiger partial charge in [-0.25, -0.2) is 4.98 Å². The topological polar surface area (TPSA) is 72.7 Å². The quantitative estimate of drug-likeness (QED) is 0.502. The molecular weight excluding hydrogens is 414 g/mol. The number of aryl methyl sites for hydroxylation is 2. The second-order valence-corrected chi connectivity index (χ2v) is 9.64. The lowest BCUT2D eigenvalue weighted by molar-refractivity contribution is -0.115. The van der Waals surface area contributed by atoms with Crippen LogP contribution in [0.15, 0.2) is 34.8 Å². The molecule has 0 unspecified atom stereocenters. The summed E-state index contributed by atoms with van der Waals surface area (Å²) in [4.78, 5) is 17.0. The maximum absolute atomic E-state index is 12.4. The molecule has 2 heterocycles. The molecule has 3 aromatic rings. The van der Waals surface area contributed by atoms with Crippen molar-refractivity contribution < 1.29 is 4.79 Å². The van der Waals surface area contributed by atoms with Crippen molar-refractivity contribution in [3.8, 4) is 0 Å². The van der Waals surface area contributed by atoms with Crippen LogP contribution in [0.5, 0.6) is 0 Å². The number of anilines is 1. The molecule has 1 aromatic carbocycles. The second kappa shape index (κ2) is 9.75. The molecule has 0 aliphatic heterocycles. The van der Waals surface area contributed by atoms with Gasteiger partial charge in [0.1, 0.15) is 10.8 Å². The molecule has 158 valence electrons. The van der Waals surface area contributed by atoms with Crippen LogP contribution in [-0.2, 0) is 17.0 Å². The summed E-state index contributed by atoms with van der Waals surface area (Å²) in [6, 6.07) is 8.32. The van der Waals surface area contributed by atoms with E-state index in [-0.39, 0.29) is 5.91 Å². The van der Waals surface area contributed by atoms with Crippen LogP contribution in [0.2, 0.25) is 0 Å². The highest BCUT2D eigenvalue weighted by Gasteiger charge is 2.21. The second-order valence-electron chi connectivity index (χ2n) is 7.75. The van der Waals surface area contributed by atoms with Gasteiger partial charge in [0, 0.05) is 22.9 Å². The molecule has 0 atom stereocenters. The standard InChI is InChI=1S/C22H27N5OS2/c1-15-8-6-7-11-19(15)24-20(28)12-21-23-17(13-29-21)14-30-22-26-25-16(2)27(22)18-9-4-3-5-10-18/h6-8,11,13,18H,3-5,9-10,12,14H2,1-2H3,(H,24,28). The number of carbonyl (C=O) groups excluding carboxylic acids is 1. The van der Waals surface area contributed by atoms with E-state index in [9.17, 15) is 4.79 Å². The minimum atomic E-state index is -0.0366. The summed E-state index contributed by atoms with van der Waals surface area (Å²) in [5.41, 5.74) is 2.89. The Morgan fingerprint density at radius 3 is 2.80 bits per heavy atom. The molecule has 30 heavy (non-hydrogen) atoms. The number of carbonyl (C=O) groups is 1. The Kier molecular flexibility index (Phi) is 6.84. The fourth-order valence-corrected chi connectivity index (χ4v) is 5.73. The fourth-order valence-electron chi connectivity index (χ4n) is 3.89. The van der Waals surface area contributed by atoms with Gasteiger partial charge in [-0.1, -0.05) is 49.2 Å². The molecular formula is C22H27N5OS2. The van der Waals surface area contributed by atoms with E-state index < -0.39 is 0 Å². The average molecular weight is 442 g/mol. The zero-order valence-electron chi connectivity index (χ0n) is 17.4. The van der Waals surface area contributed by atoms with Gasteiger partial charge >= 0.3 is 0 Å². The Balaban J connectivity index is 1.34. The molecule has 1 N–H and O–H groups in total. The minimum absolute atomic E-state index is 0.0366. The van der Waals surface area contributed by atoms with Crippen LogP contribution in [-0.4, -0.2) is 25.7 Å². The lowest BCUT2D eigenvalue weighted by Gasteiger charge is -2.24. The number of rotatable bonds is 7. The third-order valence-corrected chi connectivity index (χ3v) is 7.33. The molecule has 2 aromatic heterocycles. The number of thioether (sulfide) groups is 1. The molecule has 0 radical (unpaired) electrons. The predicted molar refractivity (Wildman–Crippen MR) is 122 cm³/mol. The lowest BCUT2D eigenvalue weighted by Crippen LogP contribution is -2.15. The van der Waals surface area contributed by atoms with Crippen LogP contribution in [0.3, 0.4) is 0 Å². The number of hydrogen-bond donors (Lipinski definition) is 1. The van der Waals surface area contributed by atoms with Gasteiger partial charge in [0.05, 0.1) is 12.1 Å². The van der Waals surface area contributed by atoms with E-state index in [2.05, 4.69) is 25.1 Å². The smallest absolute Gasteiger partial charge is 0.231 e. The number of aromatic nitrogens is 4. The number of nitrogens with one attached hydrogen (secondary N) is 1. The summed E-state index contributed by atoms with van der Waals surface area (Å²) >= 11 is 3.22. The third kappa shape index (κ3) is 5.10. The Hall–Kier alpha value is -2.19. The van der Waals surface area contributed by atoms with Crippen molar-refractivity contribution in [2.45, 2.75) is 69.3 Å². The van der Waals surface area contributed by atoms with Crippen molar-refractivity contribution in [3.63, 3.8) is 0 Å². The number of benzene rings is 1. The molecule has 8 heteroatoms. The van der Waals surface area contributed by atoms with Crippen molar-refractivity contribution in [1.29, 1.82) is 0 Å². The van der Waals surface area contributed by atoms with Gasteiger partial charge in [0.25, 0.3) is 0 Å². The van der Waals surface area contributed by atoms with Crippen molar-refractivity contribution >= 4 is 34.7 Å². The Morgan fingerprint density at radius 1 is 1.20 bits per heavy atom. The Labute approximate surface area is 185 Å². The number of hydrogen-bond acceptors (Lipinski definition) is 6. The summed E-state index contributed by atoms with van der Waals surface area (Å²) in [6.45, 7) is 4.03. The zero-order valence-corrected chi connectivity index (χ0v) is 19.1. The first-order valence-electron chi connectivity index (χ1n) is 10.4. The largest absolute Gasteiger partial charge is 0.325 e. The molecule has 1 saturated carbocycles. The Morgan fingerprint density at radius 2 is 2.00 bits per heavy atom.